The fourth-order valence-corrected chi connectivity index (χ4v) is 2.24. The highest BCUT2D eigenvalue weighted by Crippen LogP contribution is 2.36. The third-order valence-electron chi connectivity index (χ3n) is 3.61. The first-order valence-corrected chi connectivity index (χ1v) is 9.53. The van der Waals surface area contributed by atoms with Crippen molar-refractivity contribution in [1.29, 1.82) is 0 Å². The molecule has 0 spiro atoms. The SMILES string of the molecule is CC(C)(C)[Si](C)(C)OCc1cccc(C=CC(=O)O)n1. The van der Waals surface area contributed by atoms with Crippen LogP contribution >= 0.6 is 0 Å². The molecule has 0 aromatic carbocycles. The van der Waals surface area contributed by atoms with Crippen LogP contribution in [-0.2, 0) is 15.8 Å². The third-order valence-corrected chi connectivity index (χ3v) is 8.09. The summed E-state index contributed by atoms with van der Waals surface area (Å²) in [7, 11) is -1.79. The van der Waals surface area contributed by atoms with Crippen LogP contribution < -0.4 is 0 Å². The van der Waals surface area contributed by atoms with Crippen LogP contribution in [0.4, 0.5) is 0 Å². The number of carboxylic acids is 1. The average Bonchev–Trinajstić information content (AvgIpc) is 2.33. The van der Waals surface area contributed by atoms with E-state index in [1.807, 2.05) is 12.1 Å². The van der Waals surface area contributed by atoms with Crippen molar-refractivity contribution in [3.8, 4) is 0 Å². The van der Waals surface area contributed by atoms with Crippen LogP contribution in [0.2, 0.25) is 18.1 Å². The molecule has 0 aliphatic carbocycles. The highest BCUT2D eigenvalue weighted by atomic mass is 28.4. The quantitative estimate of drug-likeness (QED) is 0.664. The number of carboxylic acid groups (broad SMARTS) is 1. The lowest BCUT2D eigenvalue weighted by molar-refractivity contribution is -0.131. The smallest absolute Gasteiger partial charge is 0.328 e. The molecule has 20 heavy (non-hydrogen) atoms. The van der Waals surface area contributed by atoms with Gasteiger partial charge in [-0.1, -0.05) is 26.8 Å². The molecule has 0 aliphatic heterocycles. The molecule has 0 unspecified atom stereocenters. The van der Waals surface area contributed by atoms with Gasteiger partial charge in [-0.3, -0.25) is 4.98 Å². The number of pyridine rings is 1. The third kappa shape index (κ3) is 4.90. The van der Waals surface area contributed by atoms with E-state index >= 15 is 0 Å². The maximum atomic E-state index is 10.5. The first kappa shape index (κ1) is 16.6. The maximum Gasteiger partial charge on any atom is 0.328 e. The highest BCUT2D eigenvalue weighted by molar-refractivity contribution is 6.74. The molecule has 0 amide bonds. The van der Waals surface area contributed by atoms with Crippen molar-refractivity contribution >= 4 is 20.4 Å². The van der Waals surface area contributed by atoms with Crippen LogP contribution in [0.5, 0.6) is 0 Å². The Balaban J connectivity index is 2.75. The number of aliphatic carboxylic acids is 1. The Hall–Kier alpha value is -1.46. The molecule has 1 aromatic heterocycles. The molecule has 1 aromatic rings. The van der Waals surface area contributed by atoms with Crippen LogP contribution in [0.25, 0.3) is 6.08 Å². The summed E-state index contributed by atoms with van der Waals surface area (Å²) in [5, 5.41) is 8.77. The molecule has 0 radical (unpaired) electrons. The number of hydrogen-bond donors (Lipinski definition) is 1. The lowest BCUT2D eigenvalue weighted by atomic mass is 10.2. The molecule has 0 saturated heterocycles. The lowest BCUT2D eigenvalue weighted by Crippen LogP contribution is -2.40. The van der Waals surface area contributed by atoms with Crippen molar-refractivity contribution < 1.29 is 14.3 Å². The summed E-state index contributed by atoms with van der Waals surface area (Å²) in [6.45, 7) is 11.4. The number of carbonyl (C=O) groups is 1. The average molecular weight is 293 g/mol. The second-order valence-corrected chi connectivity index (χ2v) is 11.1. The standard InChI is InChI=1S/C15H23NO3Si/c1-15(2,3)20(4,5)19-11-13-8-6-7-12(16-13)9-10-14(17)18/h6-10H,11H2,1-5H3,(H,17,18). The van der Waals surface area contributed by atoms with E-state index in [1.165, 1.54) is 6.08 Å². The van der Waals surface area contributed by atoms with Crippen molar-refractivity contribution in [3.05, 3.63) is 35.7 Å². The molecule has 110 valence electrons. The van der Waals surface area contributed by atoms with E-state index in [0.29, 0.717) is 12.3 Å². The van der Waals surface area contributed by atoms with Crippen LogP contribution in [-0.4, -0.2) is 24.4 Å². The molecule has 0 fully saturated rings. The zero-order chi connectivity index (χ0) is 15.4. The van der Waals surface area contributed by atoms with E-state index in [0.717, 1.165) is 11.8 Å². The van der Waals surface area contributed by atoms with E-state index in [1.54, 1.807) is 6.07 Å². The summed E-state index contributed by atoms with van der Waals surface area (Å²) in [5.74, 6) is -0.977. The molecular formula is C15H23NO3Si. The van der Waals surface area contributed by atoms with Crippen LogP contribution in [0.1, 0.15) is 32.2 Å². The van der Waals surface area contributed by atoms with Gasteiger partial charge in [0.25, 0.3) is 0 Å². The minimum absolute atomic E-state index is 0.161. The van der Waals surface area contributed by atoms with Crippen molar-refractivity contribution in [2.75, 3.05) is 0 Å². The van der Waals surface area contributed by atoms with Gasteiger partial charge in [-0.25, -0.2) is 4.79 Å². The highest BCUT2D eigenvalue weighted by Gasteiger charge is 2.37. The largest absolute Gasteiger partial charge is 0.478 e. The van der Waals surface area contributed by atoms with Crippen LogP contribution in [0, 0.1) is 0 Å². The van der Waals surface area contributed by atoms with Crippen molar-refractivity contribution in [2.45, 2.75) is 45.5 Å². The lowest BCUT2D eigenvalue weighted by Gasteiger charge is -2.36. The van der Waals surface area contributed by atoms with Crippen LogP contribution in [0.15, 0.2) is 24.3 Å². The predicted molar refractivity (Wildman–Crippen MR) is 82.9 cm³/mol. The molecular weight excluding hydrogens is 270 g/mol. The van der Waals surface area contributed by atoms with Gasteiger partial charge in [-0.15, -0.1) is 0 Å². The number of aromatic nitrogens is 1. The minimum atomic E-state index is -1.79. The van der Waals surface area contributed by atoms with E-state index in [4.69, 9.17) is 9.53 Å². The summed E-state index contributed by atoms with van der Waals surface area (Å²) in [5.41, 5.74) is 1.45. The Kier molecular flexibility index (Phi) is 5.25. The maximum absolute atomic E-state index is 10.5. The molecule has 0 bridgehead atoms. The molecule has 4 nitrogen and oxygen atoms in total. The number of hydrogen-bond acceptors (Lipinski definition) is 3. The summed E-state index contributed by atoms with van der Waals surface area (Å²) >= 11 is 0. The van der Waals surface area contributed by atoms with Crippen molar-refractivity contribution in [3.63, 3.8) is 0 Å². The predicted octanol–water partition coefficient (Wildman–Crippen LogP) is 3.70. The first-order valence-electron chi connectivity index (χ1n) is 6.63. The van der Waals surface area contributed by atoms with Crippen LogP contribution in [0.3, 0.4) is 0 Å². The molecule has 1 N–H and O–H groups in total. The first-order chi connectivity index (χ1) is 9.12. The molecule has 0 atom stereocenters. The topological polar surface area (TPSA) is 59.4 Å². The summed E-state index contributed by atoms with van der Waals surface area (Å²) in [6, 6.07) is 5.53. The second-order valence-electron chi connectivity index (χ2n) is 6.27. The normalized spacial score (nSPS) is 12.8. The molecule has 1 heterocycles. The van der Waals surface area contributed by atoms with Gasteiger partial charge >= 0.3 is 5.97 Å². The zero-order valence-electron chi connectivity index (χ0n) is 12.8. The van der Waals surface area contributed by atoms with Gasteiger partial charge in [-0.2, -0.15) is 0 Å². The van der Waals surface area contributed by atoms with Gasteiger partial charge in [0.15, 0.2) is 8.32 Å². The number of nitrogens with zero attached hydrogens (tertiary/aromatic N) is 1. The summed E-state index contributed by atoms with van der Waals surface area (Å²) < 4.78 is 6.10. The fraction of sp³-hybridized carbons (Fsp3) is 0.467. The molecule has 1 rings (SSSR count). The van der Waals surface area contributed by atoms with Crippen molar-refractivity contribution in [1.82, 2.24) is 4.98 Å². The van der Waals surface area contributed by atoms with Crippen molar-refractivity contribution in [2.24, 2.45) is 0 Å². The Morgan fingerprint density at radius 2 is 2.05 bits per heavy atom. The van der Waals surface area contributed by atoms with E-state index in [-0.39, 0.29) is 5.04 Å². The Morgan fingerprint density at radius 3 is 2.60 bits per heavy atom. The Bertz CT molecular complexity index is 504. The molecule has 0 saturated carbocycles. The van der Waals surface area contributed by atoms with E-state index < -0.39 is 14.3 Å². The molecule has 5 heteroatoms. The summed E-state index contributed by atoms with van der Waals surface area (Å²) in [4.78, 5) is 14.9. The van der Waals surface area contributed by atoms with Gasteiger partial charge in [-0.05, 0) is 36.3 Å². The monoisotopic (exact) mass is 293 g/mol. The minimum Gasteiger partial charge on any atom is -0.478 e. The number of rotatable bonds is 5. The van der Waals surface area contributed by atoms with Gasteiger partial charge in [0.1, 0.15) is 0 Å². The summed E-state index contributed by atoms with van der Waals surface area (Å²) in [6.07, 6.45) is 2.57. The fourth-order valence-electron chi connectivity index (χ4n) is 1.30. The second kappa shape index (κ2) is 6.32. The van der Waals surface area contributed by atoms with Gasteiger partial charge < -0.3 is 9.53 Å². The molecule has 0 aliphatic rings. The van der Waals surface area contributed by atoms with E-state index in [9.17, 15) is 4.79 Å². The zero-order valence-corrected chi connectivity index (χ0v) is 13.8. The van der Waals surface area contributed by atoms with E-state index in [2.05, 4.69) is 38.8 Å². The Morgan fingerprint density at radius 1 is 1.40 bits per heavy atom. The van der Waals surface area contributed by atoms with Gasteiger partial charge in [0.05, 0.1) is 18.0 Å². The van der Waals surface area contributed by atoms with Gasteiger partial charge in [0.2, 0.25) is 0 Å². The van der Waals surface area contributed by atoms with Gasteiger partial charge in [0, 0.05) is 6.08 Å². The Labute approximate surface area is 121 Å².